The molecule has 7 nitrogen and oxygen atoms in total. The fourth-order valence-electron chi connectivity index (χ4n) is 2.62. The zero-order valence-corrected chi connectivity index (χ0v) is 15.1. The van der Waals surface area contributed by atoms with E-state index in [1.54, 1.807) is 23.2 Å². The number of ether oxygens (including phenoxy) is 1. The number of aromatic nitrogens is 2. The first-order valence-corrected chi connectivity index (χ1v) is 8.53. The van der Waals surface area contributed by atoms with Gasteiger partial charge in [-0.05, 0) is 46.1 Å². The second-order valence-corrected chi connectivity index (χ2v) is 7.01. The van der Waals surface area contributed by atoms with Crippen molar-refractivity contribution in [3.8, 4) is 0 Å². The number of nitrogens with one attached hydrogen (secondary N) is 1. The molecule has 1 aromatic heterocycles. The predicted octanol–water partition coefficient (Wildman–Crippen LogP) is 3.45. The maximum Gasteiger partial charge on any atom is 0.410 e. The highest BCUT2D eigenvalue weighted by atomic mass is 16.6. The Morgan fingerprint density at radius 2 is 2.24 bits per heavy atom. The Morgan fingerprint density at radius 3 is 2.92 bits per heavy atom. The quantitative estimate of drug-likeness (QED) is 0.826. The average Bonchev–Trinajstić information content (AvgIpc) is 3.01. The van der Waals surface area contributed by atoms with Crippen LogP contribution in [0.15, 0.2) is 24.9 Å². The van der Waals surface area contributed by atoms with E-state index >= 15 is 0 Å². The first-order chi connectivity index (χ1) is 11.8. The number of anilines is 1. The molecular formula is C18H26N4O3. The highest BCUT2D eigenvalue weighted by Crippen LogP contribution is 2.31. The van der Waals surface area contributed by atoms with Crippen LogP contribution >= 0.6 is 0 Å². The summed E-state index contributed by atoms with van der Waals surface area (Å²) < 4.78 is 5.46. The number of amides is 2. The van der Waals surface area contributed by atoms with Gasteiger partial charge in [-0.25, -0.2) is 14.8 Å². The summed E-state index contributed by atoms with van der Waals surface area (Å²) in [6.45, 7) is 9.73. The molecule has 0 radical (unpaired) electrons. The molecule has 0 aliphatic carbocycles. The molecule has 0 spiro atoms. The van der Waals surface area contributed by atoms with Gasteiger partial charge in [0.1, 0.15) is 11.4 Å². The first kappa shape index (κ1) is 18.9. The number of likely N-dealkylation sites (tertiary alicyclic amines) is 1. The molecule has 1 aliphatic rings. The minimum absolute atomic E-state index is 0.125. The highest BCUT2D eigenvalue weighted by molar-refractivity contribution is 5.89. The van der Waals surface area contributed by atoms with E-state index in [1.165, 1.54) is 0 Å². The molecule has 136 valence electrons. The van der Waals surface area contributed by atoms with E-state index in [0.717, 1.165) is 12.8 Å². The van der Waals surface area contributed by atoms with Crippen molar-refractivity contribution in [3.05, 3.63) is 30.7 Å². The Kier molecular flexibility index (Phi) is 6.12. The third-order valence-corrected chi connectivity index (χ3v) is 3.70. The van der Waals surface area contributed by atoms with Gasteiger partial charge in [0.05, 0.1) is 6.04 Å². The minimum atomic E-state index is -0.550. The second-order valence-electron chi connectivity index (χ2n) is 7.01. The van der Waals surface area contributed by atoms with Crippen LogP contribution in [0.1, 0.15) is 58.3 Å². The molecular weight excluding hydrogens is 320 g/mol. The number of nitrogens with zero attached hydrogens (tertiary/aromatic N) is 3. The van der Waals surface area contributed by atoms with E-state index < -0.39 is 5.60 Å². The smallest absolute Gasteiger partial charge is 0.410 e. The van der Waals surface area contributed by atoms with E-state index in [4.69, 9.17) is 4.74 Å². The molecule has 0 bridgehead atoms. The predicted molar refractivity (Wildman–Crippen MR) is 95.0 cm³/mol. The zero-order chi connectivity index (χ0) is 18.4. The van der Waals surface area contributed by atoms with Crippen molar-refractivity contribution in [1.29, 1.82) is 0 Å². The Morgan fingerprint density at radius 1 is 1.48 bits per heavy atom. The fraction of sp³-hybridized carbons (Fsp3) is 0.556. The van der Waals surface area contributed by atoms with Crippen LogP contribution < -0.4 is 5.32 Å². The van der Waals surface area contributed by atoms with Crippen LogP contribution in [0.2, 0.25) is 0 Å². The lowest BCUT2D eigenvalue weighted by Crippen LogP contribution is -2.37. The monoisotopic (exact) mass is 346 g/mol. The standard InChI is InChI=1S/C18H26N4O3/c1-5-6-9-15(23)20-14-10-11-19-16(21-14)13-8-7-12-22(13)17(24)25-18(2,3)4/h5,10-11,13H,1,6-9,12H2,2-4H3,(H,19,20,21,23). The Bertz CT molecular complexity index is 639. The molecule has 1 unspecified atom stereocenters. The van der Waals surface area contributed by atoms with Gasteiger partial charge >= 0.3 is 6.09 Å². The van der Waals surface area contributed by atoms with Crippen molar-refractivity contribution >= 4 is 17.8 Å². The van der Waals surface area contributed by atoms with Gasteiger partial charge in [-0.3, -0.25) is 9.69 Å². The fourth-order valence-corrected chi connectivity index (χ4v) is 2.62. The Hall–Kier alpha value is -2.44. The number of hydrogen-bond donors (Lipinski definition) is 1. The summed E-state index contributed by atoms with van der Waals surface area (Å²) >= 11 is 0. The van der Waals surface area contributed by atoms with Crippen LogP contribution in [-0.2, 0) is 9.53 Å². The normalized spacial score (nSPS) is 17.2. The van der Waals surface area contributed by atoms with E-state index in [9.17, 15) is 9.59 Å². The summed E-state index contributed by atoms with van der Waals surface area (Å²) in [7, 11) is 0. The molecule has 1 atom stereocenters. The molecule has 0 aromatic carbocycles. The summed E-state index contributed by atoms with van der Waals surface area (Å²) in [4.78, 5) is 34.6. The third kappa shape index (κ3) is 5.55. The molecule has 25 heavy (non-hydrogen) atoms. The summed E-state index contributed by atoms with van der Waals surface area (Å²) in [6.07, 6.45) is 5.53. The van der Waals surface area contributed by atoms with E-state index in [2.05, 4.69) is 21.9 Å². The number of allylic oxidation sites excluding steroid dienone is 1. The Balaban J connectivity index is 2.09. The van der Waals surface area contributed by atoms with Crippen molar-refractivity contribution < 1.29 is 14.3 Å². The maximum atomic E-state index is 12.4. The highest BCUT2D eigenvalue weighted by Gasteiger charge is 2.34. The summed E-state index contributed by atoms with van der Waals surface area (Å²) in [6, 6.07) is 1.40. The molecule has 0 saturated carbocycles. The molecule has 2 heterocycles. The van der Waals surface area contributed by atoms with Crippen LogP contribution in [0.4, 0.5) is 10.6 Å². The Labute approximate surface area is 148 Å². The zero-order valence-electron chi connectivity index (χ0n) is 15.1. The van der Waals surface area contributed by atoms with Gasteiger partial charge in [-0.15, -0.1) is 6.58 Å². The summed E-state index contributed by atoms with van der Waals surface area (Å²) in [5, 5.41) is 2.75. The van der Waals surface area contributed by atoms with Crippen molar-refractivity contribution in [2.24, 2.45) is 0 Å². The van der Waals surface area contributed by atoms with Crippen molar-refractivity contribution in [2.45, 2.75) is 58.1 Å². The summed E-state index contributed by atoms with van der Waals surface area (Å²) in [5.41, 5.74) is -0.550. The van der Waals surface area contributed by atoms with E-state index in [-0.39, 0.29) is 18.0 Å². The van der Waals surface area contributed by atoms with E-state index in [1.807, 2.05) is 20.8 Å². The van der Waals surface area contributed by atoms with Crippen LogP contribution in [0.25, 0.3) is 0 Å². The molecule has 2 rings (SSSR count). The van der Waals surface area contributed by atoms with Crippen LogP contribution in [0.5, 0.6) is 0 Å². The van der Waals surface area contributed by atoms with Crippen molar-refractivity contribution in [3.63, 3.8) is 0 Å². The van der Waals surface area contributed by atoms with Crippen molar-refractivity contribution in [1.82, 2.24) is 14.9 Å². The number of carbonyl (C=O) groups is 2. The molecule has 1 saturated heterocycles. The van der Waals surface area contributed by atoms with Gasteiger partial charge in [-0.2, -0.15) is 0 Å². The number of carbonyl (C=O) groups excluding carboxylic acids is 2. The third-order valence-electron chi connectivity index (χ3n) is 3.70. The first-order valence-electron chi connectivity index (χ1n) is 8.53. The number of rotatable bonds is 5. The lowest BCUT2D eigenvalue weighted by molar-refractivity contribution is -0.116. The molecule has 1 aliphatic heterocycles. The minimum Gasteiger partial charge on any atom is -0.444 e. The maximum absolute atomic E-state index is 12.4. The molecule has 2 amide bonds. The lowest BCUT2D eigenvalue weighted by atomic mass is 10.2. The lowest BCUT2D eigenvalue weighted by Gasteiger charge is -2.28. The topological polar surface area (TPSA) is 84.4 Å². The van der Waals surface area contributed by atoms with Crippen molar-refractivity contribution in [2.75, 3.05) is 11.9 Å². The van der Waals surface area contributed by atoms with Gasteiger partial charge in [0.2, 0.25) is 5.91 Å². The van der Waals surface area contributed by atoms with Gasteiger partial charge in [0.25, 0.3) is 0 Å². The van der Waals surface area contributed by atoms with Crippen LogP contribution in [-0.4, -0.2) is 39.0 Å². The molecule has 1 aromatic rings. The second kappa shape index (κ2) is 8.09. The van der Waals surface area contributed by atoms with Gasteiger partial charge in [0, 0.05) is 19.2 Å². The molecule has 1 N–H and O–H groups in total. The van der Waals surface area contributed by atoms with Gasteiger partial charge in [-0.1, -0.05) is 6.08 Å². The SMILES string of the molecule is C=CCCC(=O)Nc1ccnc(C2CCCN2C(=O)OC(C)(C)C)n1. The van der Waals surface area contributed by atoms with E-state index in [0.29, 0.717) is 31.0 Å². The number of hydrogen-bond acceptors (Lipinski definition) is 5. The molecule has 7 heteroatoms. The average molecular weight is 346 g/mol. The molecule has 1 fully saturated rings. The van der Waals surface area contributed by atoms with Gasteiger partial charge in [0.15, 0.2) is 5.82 Å². The van der Waals surface area contributed by atoms with Crippen LogP contribution in [0, 0.1) is 0 Å². The van der Waals surface area contributed by atoms with Gasteiger partial charge < -0.3 is 10.1 Å². The summed E-state index contributed by atoms with van der Waals surface area (Å²) in [5.74, 6) is 0.833. The largest absolute Gasteiger partial charge is 0.444 e. The van der Waals surface area contributed by atoms with Crippen LogP contribution in [0.3, 0.4) is 0 Å².